The van der Waals surface area contributed by atoms with Crippen molar-refractivity contribution in [2.75, 3.05) is 20.4 Å². The van der Waals surface area contributed by atoms with Crippen molar-refractivity contribution in [1.82, 2.24) is 9.80 Å². The van der Waals surface area contributed by atoms with Crippen LogP contribution < -0.4 is 9.47 Å². The van der Waals surface area contributed by atoms with E-state index in [0.29, 0.717) is 24.6 Å². The van der Waals surface area contributed by atoms with Gasteiger partial charge in [-0.25, -0.2) is 0 Å². The van der Waals surface area contributed by atoms with E-state index in [-0.39, 0.29) is 25.2 Å². The molecule has 1 aliphatic rings. The van der Waals surface area contributed by atoms with E-state index in [2.05, 4.69) is 0 Å². The zero-order valence-electron chi connectivity index (χ0n) is 15.0. The molecule has 0 spiro atoms. The van der Waals surface area contributed by atoms with Crippen molar-refractivity contribution in [2.45, 2.75) is 20.0 Å². The maximum absolute atomic E-state index is 12.5. The minimum Gasteiger partial charge on any atom is -0.454 e. The topological polar surface area (TPSA) is 59.1 Å². The van der Waals surface area contributed by atoms with E-state index in [0.717, 1.165) is 11.1 Å². The first-order valence-electron chi connectivity index (χ1n) is 8.45. The maximum atomic E-state index is 12.5. The molecule has 2 aromatic carbocycles. The van der Waals surface area contributed by atoms with Gasteiger partial charge in [0, 0.05) is 27.1 Å². The van der Waals surface area contributed by atoms with Gasteiger partial charge >= 0.3 is 0 Å². The van der Waals surface area contributed by atoms with Crippen molar-refractivity contribution in [3.63, 3.8) is 0 Å². The van der Waals surface area contributed by atoms with Gasteiger partial charge in [0.05, 0.1) is 0 Å². The Morgan fingerprint density at radius 2 is 1.69 bits per heavy atom. The van der Waals surface area contributed by atoms with E-state index in [4.69, 9.17) is 9.47 Å². The number of hydrogen-bond acceptors (Lipinski definition) is 4. The molecule has 0 unspecified atom stereocenters. The molecule has 0 aromatic heterocycles. The molecular weight excluding hydrogens is 332 g/mol. The standard InChI is InChI=1S/C20H22N2O4/c1-15(23)22(12-17-8-9-18-19(10-17)26-14-25-18)13-20(24)21(2)11-16-6-4-3-5-7-16/h3-10H,11-14H2,1-2H3. The van der Waals surface area contributed by atoms with Crippen molar-refractivity contribution in [3.05, 3.63) is 59.7 Å². The third-order valence-corrected chi connectivity index (χ3v) is 4.27. The summed E-state index contributed by atoms with van der Waals surface area (Å²) in [5.41, 5.74) is 1.94. The first-order chi connectivity index (χ1) is 12.5. The summed E-state index contributed by atoms with van der Waals surface area (Å²) in [5.74, 6) is 1.11. The van der Waals surface area contributed by atoms with Crippen LogP contribution >= 0.6 is 0 Å². The van der Waals surface area contributed by atoms with Crippen molar-refractivity contribution >= 4 is 11.8 Å². The molecule has 0 atom stereocenters. The first kappa shape index (κ1) is 17.8. The molecule has 6 heteroatoms. The molecule has 0 fully saturated rings. The lowest BCUT2D eigenvalue weighted by Crippen LogP contribution is -2.40. The van der Waals surface area contributed by atoms with E-state index in [9.17, 15) is 9.59 Å². The second-order valence-electron chi connectivity index (χ2n) is 6.30. The zero-order chi connectivity index (χ0) is 18.5. The Morgan fingerprint density at radius 1 is 0.962 bits per heavy atom. The van der Waals surface area contributed by atoms with Crippen molar-refractivity contribution in [1.29, 1.82) is 0 Å². The van der Waals surface area contributed by atoms with Crippen LogP contribution in [0.1, 0.15) is 18.1 Å². The molecule has 1 aliphatic heterocycles. The number of hydrogen-bond donors (Lipinski definition) is 0. The van der Waals surface area contributed by atoms with Crippen LogP contribution in [0.25, 0.3) is 0 Å². The van der Waals surface area contributed by atoms with Gasteiger partial charge in [-0.1, -0.05) is 36.4 Å². The Bertz CT molecular complexity index is 792. The third-order valence-electron chi connectivity index (χ3n) is 4.27. The number of ether oxygens (including phenoxy) is 2. The number of likely N-dealkylation sites (N-methyl/N-ethyl adjacent to an activating group) is 1. The summed E-state index contributed by atoms with van der Waals surface area (Å²) in [6, 6.07) is 15.3. The predicted molar refractivity (Wildman–Crippen MR) is 96.6 cm³/mol. The van der Waals surface area contributed by atoms with Gasteiger partial charge in [0.25, 0.3) is 0 Å². The Morgan fingerprint density at radius 3 is 2.42 bits per heavy atom. The predicted octanol–water partition coefficient (Wildman–Crippen LogP) is 2.42. The molecule has 0 N–H and O–H groups in total. The molecular formula is C20H22N2O4. The van der Waals surface area contributed by atoms with Crippen LogP contribution in [-0.2, 0) is 22.7 Å². The molecule has 0 bridgehead atoms. The van der Waals surface area contributed by atoms with Crippen LogP contribution in [0.15, 0.2) is 48.5 Å². The summed E-state index contributed by atoms with van der Waals surface area (Å²) in [6.45, 7) is 2.56. The van der Waals surface area contributed by atoms with E-state index in [1.165, 1.54) is 11.8 Å². The molecule has 0 saturated carbocycles. The number of rotatable bonds is 6. The fourth-order valence-corrected chi connectivity index (χ4v) is 2.77. The highest BCUT2D eigenvalue weighted by Crippen LogP contribution is 2.32. The minimum atomic E-state index is -0.149. The normalized spacial score (nSPS) is 11.9. The lowest BCUT2D eigenvalue weighted by molar-refractivity contribution is -0.139. The van der Waals surface area contributed by atoms with Gasteiger partial charge in [0.1, 0.15) is 6.54 Å². The summed E-state index contributed by atoms with van der Waals surface area (Å²) in [5, 5.41) is 0. The monoisotopic (exact) mass is 354 g/mol. The Hall–Kier alpha value is -3.02. The molecule has 6 nitrogen and oxygen atoms in total. The van der Waals surface area contributed by atoms with Gasteiger partial charge in [-0.2, -0.15) is 0 Å². The number of amides is 2. The Kier molecular flexibility index (Phi) is 5.41. The molecule has 0 aliphatic carbocycles. The minimum absolute atomic E-state index is 0.0348. The molecule has 26 heavy (non-hydrogen) atoms. The van der Waals surface area contributed by atoms with Crippen LogP contribution in [0.3, 0.4) is 0 Å². The molecule has 136 valence electrons. The van der Waals surface area contributed by atoms with Gasteiger partial charge in [0.2, 0.25) is 18.6 Å². The summed E-state index contributed by atoms with van der Waals surface area (Å²) >= 11 is 0. The highest BCUT2D eigenvalue weighted by molar-refractivity contribution is 5.83. The lowest BCUT2D eigenvalue weighted by atomic mass is 10.2. The van der Waals surface area contributed by atoms with Crippen molar-refractivity contribution in [2.24, 2.45) is 0 Å². The molecule has 0 radical (unpaired) electrons. The molecule has 2 aromatic rings. The second-order valence-corrected chi connectivity index (χ2v) is 6.30. The quantitative estimate of drug-likeness (QED) is 0.799. The van der Waals surface area contributed by atoms with Crippen LogP contribution in [0, 0.1) is 0 Å². The fraction of sp³-hybridized carbons (Fsp3) is 0.300. The van der Waals surface area contributed by atoms with Gasteiger partial charge in [-0.05, 0) is 23.3 Å². The van der Waals surface area contributed by atoms with Crippen LogP contribution in [0.5, 0.6) is 11.5 Å². The smallest absolute Gasteiger partial charge is 0.242 e. The van der Waals surface area contributed by atoms with Crippen molar-refractivity contribution in [3.8, 4) is 11.5 Å². The summed E-state index contributed by atoms with van der Waals surface area (Å²) in [7, 11) is 1.74. The Labute approximate surface area is 152 Å². The largest absolute Gasteiger partial charge is 0.454 e. The molecule has 3 rings (SSSR count). The molecule has 2 amide bonds. The summed E-state index contributed by atoms with van der Waals surface area (Å²) in [4.78, 5) is 27.7. The highest BCUT2D eigenvalue weighted by atomic mass is 16.7. The van der Waals surface area contributed by atoms with E-state index < -0.39 is 0 Å². The number of fused-ring (bicyclic) bond motifs is 1. The van der Waals surface area contributed by atoms with E-state index >= 15 is 0 Å². The van der Waals surface area contributed by atoms with Crippen LogP contribution in [-0.4, -0.2) is 42.0 Å². The first-order valence-corrected chi connectivity index (χ1v) is 8.45. The number of benzene rings is 2. The highest BCUT2D eigenvalue weighted by Gasteiger charge is 2.19. The average Bonchev–Trinajstić information content (AvgIpc) is 3.09. The zero-order valence-corrected chi connectivity index (χ0v) is 15.0. The second kappa shape index (κ2) is 7.91. The molecule has 0 saturated heterocycles. The van der Waals surface area contributed by atoms with Gasteiger partial charge in [-0.15, -0.1) is 0 Å². The summed E-state index contributed by atoms with van der Waals surface area (Å²) < 4.78 is 10.7. The fourth-order valence-electron chi connectivity index (χ4n) is 2.77. The van der Waals surface area contributed by atoms with Crippen molar-refractivity contribution < 1.29 is 19.1 Å². The van der Waals surface area contributed by atoms with Gasteiger partial charge in [0.15, 0.2) is 11.5 Å². The average molecular weight is 354 g/mol. The Balaban J connectivity index is 1.62. The maximum Gasteiger partial charge on any atom is 0.242 e. The number of carbonyl (C=O) groups excluding carboxylic acids is 2. The SMILES string of the molecule is CC(=O)N(CC(=O)N(C)Cc1ccccc1)Cc1ccc2c(c1)OCO2. The van der Waals surface area contributed by atoms with Crippen LogP contribution in [0.2, 0.25) is 0 Å². The van der Waals surface area contributed by atoms with Crippen LogP contribution in [0.4, 0.5) is 0 Å². The molecule has 1 heterocycles. The summed E-state index contributed by atoms with van der Waals surface area (Å²) in [6.07, 6.45) is 0. The van der Waals surface area contributed by atoms with E-state index in [1.54, 1.807) is 11.9 Å². The lowest BCUT2D eigenvalue weighted by Gasteiger charge is -2.24. The number of nitrogens with zero attached hydrogens (tertiary/aromatic N) is 2. The van der Waals surface area contributed by atoms with E-state index in [1.807, 2.05) is 48.5 Å². The number of carbonyl (C=O) groups is 2. The van der Waals surface area contributed by atoms with Gasteiger partial charge < -0.3 is 19.3 Å². The van der Waals surface area contributed by atoms with Gasteiger partial charge in [-0.3, -0.25) is 9.59 Å². The third kappa shape index (κ3) is 4.33.